The van der Waals surface area contributed by atoms with Gasteiger partial charge in [-0.1, -0.05) is 58.8 Å². The SMILES string of the molecule is CC1(C)CCCCC1C1CCCCC1. The van der Waals surface area contributed by atoms with Gasteiger partial charge >= 0.3 is 0 Å². The average Bonchev–Trinajstić information content (AvgIpc) is 2.18. The van der Waals surface area contributed by atoms with Crippen LogP contribution < -0.4 is 0 Å². The highest BCUT2D eigenvalue weighted by atomic mass is 14.4. The molecule has 2 aliphatic rings. The van der Waals surface area contributed by atoms with E-state index in [-0.39, 0.29) is 0 Å². The third-order valence-corrected chi connectivity index (χ3v) is 4.81. The summed E-state index contributed by atoms with van der Waals surface area (Å²) >= 11 is 0. The van der Waals surface area contributed by atoms with Crippen molar-refractivity contribution >= 4 is 0 Å². The zero-order valence-electron chi connectivity index (χ0n) is 10.0. The van der Waals surface area contributed by atoms with Gasteiger partial charge in [-0.15, -0.1) is 0 Å². The van der Waals surface area contributed by atoms with Crippen molar-refractivity contribution in [2.75, 3.05) is 0 Å². The largest absolute Gasteiger partial charge is 0.0596 e. The third-order valence-electron chi connectivity index (χ3n) is 4.81. The van der Waals surface area contributed by atoms with Crippen molar-refractivity contribution in [3.63, 3.8) is 0 Å². The van der Waals surface area contributed by atoms with Gasteiger partial charge in [0.15, 0.2) is 0 Å². The van der Waals surface area contributed by atoms with Crippen molar-refractivity contribution in [2.24, 2.45) is 17.3 Å². The Morgan fingerprint density at radius 3 is 2.07 bits per heavy atom. The lowest BCUT2D eigenvalue weighted by Gasteiger charge is -2.44. The highest BCUT2D eigenvalue weighted by molar-refractivity contribution is 4.88. The molecule has 0 aliphatic heterocycles. The second kappa shape index (κ2) is 4.24. The number of hydrogen-bond acceptors (Lipinski definition) is 0. The third kappa shape index (κ3) is 2.15. The normalized spacial score (nSPS) is 34.3. The molecule has 0 aromatic carbocycles. The summed E-state index contributed by atoms with van der Waals surface area (Å²) in [5, 5.41) is 0. The van der Waals surface area contributed by atoms with Crippen LogP contribution in [0.25, 0.3) is 0 Å². The molecule has 0 nitrogen and oxygen atoms in total. The molecule has 0 bridgehead atoms. The van der Waals surface area contributed by atoms with Gasteiger partial charge in [-0.25, -0.2) is 0 Å². The molecule has 0 spiro atoms. The van der Waals surface area contributed by atoms with E-state index in [1.54, 1.807) is 0 Å². The molecule has 0 aromatic rings. The summed E-state index contributed by atoms with van der Waals surface area (Å²) in [6.07, 6.45) is 13.6. The van der Waals surface area contributed by atoms with Crippen molar-refractivity contribution in [3.8, 4) is 0 Å². The topological polar surface area (TPSA) is 0 Å². The molecule has 0 amide bonds. The number of hydrogen-bond donors (Lipinski definition) is 0. The van der Waals surface area contributed by atoms with Crippen LogP contribution in [0.3, 0.4) is 0 Å². The predicted molar refractivity (Wildman–Crippen MR) is 62.3 cm³/mol. The predicted octanol–water partition coefficient (Wildman–Crippen LogP) is 4.78. The summed E-state index contributed by atoms with van der Waals surface area (Å²) in [4.78, 5) is 0. The molecule has 0 saturated heterocycles. The average molecular weight is 194 g/mol. The zero-order chi connectivity index (χ0) is 10.0. The Hall–Kier alpha value is 0. The highest BCUT2D eigenvalue weighted by Gasteiger charge is 2.37. The minimum absolute atomic E-state index is 0.653. The summed E-state index contributed by atoms with van der Waals surface area (Å²) in [5.41, 5.74) is 0.653. The molecule has 0 N–H and O–H groups in total. The van der Waals surface area contributed by atoms with Crippen LogP contribution in [0, 0.1) is 17.3 Å². The second-order valence-electron chi connectivity index (χ2n) is 6.24. The van der Waals surface area contributed by atoms with E-state index in [9.17, 15) is 0 Å². The Kier molecular flexibility index (Phi) is 3.19. The van der Waals surface area contributed by atoms with E-state index in [0.29, 0.717) is 5.41 Å². The summed E-state index contributed by atoms with van der Waals surface area (Å²) in [6.45, 7) is 5.04. The quantitative estimate of drug-likeness (QED) is 0.563. The summed E-state index contributed by atoms with van der Waals surface area (Å²) < 4.78 is 0. The van der Waals surface area contributed by atoms with Crippen LogP contribution in [0.5, 0.6) is 0 Å². The van der Waals surface area contributed by atoms with Gasteiger partial charge in [-0.05, 0) is 30.1 Å². The fourth-order valence-electron chi connectivity index (χ4n) is 3.93. The minimum atomic E-state index is 0.653. The van der Waals surface area contributed by atoms with E-state index in [4.69, 9.17) is 0 Å². The standard InChI is InChI=1S/C14H26/c1-14(2)11-7-6-10-13(14)12-8-4-3-5-9-12/h12-13H,3-11H2,1-2H3. The molecule has 0 radical (unpaired) electrons. The van der Waals surface area contributed by atoms with Gasteiger partial charge < -0.3 is 0 Å². The van der Waals surface area contributed by atoms with Crippen molar-refractivity contribution in [1.82, 2.24) is 0 Å². The first-order valence-corrected chi connectivity index (χ1v) is 6.70. The molecule has 2 aliphatic carbocycles. The molecular weight excluding hydrogens is 168 g/mol. The molecule has 14 heavy (non-hydrogen) atoms. The summed E-state index contributed by atoms with van der Waals surface area (Å²) in [7, 11) is 0. The van der Waals surface area contributed by atoms with Gasteiger partial charge in [0.1, 0.15) is 0 Å². The Morgan fingerprint density at radius 1 is 0.786 bits per heavy atom. The van der Waals surface area contributed by atoms with E-state index in [0.717, 1.165) is 11.8 Å². The molecule has 1 unspecified atom stereocenters. The lowest BCUT2D eigenvalue weighted by molar-refractivity contribution is 0.0619. The van der Waals surface area contributed by atoms with Gasteiger partial charge in [0, 0.05) is 0 Å². The van der Waals surface area contributed by atoms with Crippen molar-refractivity contribution in [2.45, 2.75) is 71.6 Å². The molecule has 0 heterocycles. The van der Waals surface area contributed by atoms with Crippen LogP contribution in [-0.4, -0.2) is 0 Å². The Bertz CT molecular complexity index is 174. The monoisotopic (exact) mass is 194 g/mol. The number of rotatable bonds is 1. The fraction of sp³-hybridized carbons (Fsp3) is 1.00. The summed E-state index contributed by atoms with van der Waals surface area (Å²) in [5.74, 6) is 2.13. The molecular formula is C14H26. The zero-order valence-corrected chi connectivity index (χ0v) is 10.0. The molecule has 2 rings (SSSR count). The van der Waals surface area contributed by atoms with E-state index >= 15 is 0 Å². The molecule has 2 saturated carbocycles. The van der Waals surface area contributed by atoms with Gasteiger partial charge in [-0.2, -0.15) is 0 Å². The molecule has 0 heteroatoms. The van der Waals surface area contributed by atoms with Gasteiger partial charge in [0.2, 0.25) is 0 Å². The van der Waals surface area contributed by atoms with Crippen LogP contribution in [0.4, 0.5) is 0 Å². The molecule has 82 valence electrons. The van der Waals surface area contributed by atoms with Crippen LogP contribution in [-0.2, 0) is 0 Å². The molecule has 2 fully saturated rings. The van der Waals surface area contributed by atoms with E-state index in [2.05, 4.69) is 13.8 Å². The first-order chi connectivity index (χ1) is 6.70. The van der Waals surface area contributed by atoms with E-state index in [1.807, 2.05) is 0 Å². The minimum Gasteiger partial charge on any atom is -0.0596 e. The Labute approximate surface area is 89.5 Å². The lowest BCUT2D eigenvalue weighted by Crippen LogP contribution is -2.34. The molecule has 0 aromatic heterocycles. The first kappa shape index (κ1) is 10.5. The smallest absolute Gasteiger partial charge is 0.0323 e. The Morgan fingerprint density at radius 2 is 1.43 bits per heavy atom. The van der Waals surface area contributed by atoms with E-state index < -0.39 is 0 Å². The van der Waals surface area contributed by atoms with E-state index in [1.165, 1.54) is 57.8 Å². The van der Waals surface area contributed by atoms with Crippen LogP contribution >= 0.6 is 0 Å². The van der Waals surface area contributed by atoms with Crippen molar-refractivity contribution in [3.05, 3.63) is 0 Å². The molecule has 1 atom stereocenters. The lowest BCUT2D eigenvalue weighted by atomic mass is 9.61. The van der Waals surface area contributed by atoms with Crippen molar-refractivity contribution in [1.29, 1.82) is 0 Å². The maximum atomic E-state index is 2.52. The van der Waals surface area contributed by atoms with Gasteiger partial charge in [0.05, 0.1) is 0 Å². The Balaban J connectivity index is 1.99. The van der Waals surface area contributed by atoms with Crippen molar-refractivity contribution < 1.29 is 0 Å². The second-order valence-corrected chi connectivity index (χ2v) is 6.24. The van der Waals surface area contributed by atoms with Gasteiger partial charge in [-0.3, -0.25) is 0 Å². The summed E-state index contributed by atoms with van der Waals surface area (Å²) in [6, 6.07) is 0. The highest BCUT2D eigenvalue weighted by Crippen LogP contribution is 2.48. The first-order valence-electron chi connectivity index (χ1n) is 6.70. The maximum Gasteiger partial charge on any atom is -0.0323 e. The van der Waals surface area contributed by atoms with Crippen LogP contribution in [0.15, 0.2) is 0 Å². The maximum absolute atomic E-state index is 2.52. The van der Waals surface area contributed by atoms with Crippen LogP contribution in [0.1, 0.15) is 71.6 Å². The fourth-order valence-corrected chi connectivity index (χ4v) is 3.93. The van der Waals surface area contributed by atoms with Gasteiger partial charge in [0.25, 0.3) is 0 Å². The van der Waals surface area contributed by atoms with Crippen LogP contribution in [0.2, 0.25) is 0 Å².